The first-order chi connectivity index (χ1) is 10.7. The second-order valence-electron chi connectivity index (χ2n) is 4.83. The van der Waals surface area contributed by atoms with E-state index in [0.29, 0.717) is 6.54 Å². The molecule has 1 aliphatic rings. The zero-order chi connectivity index (χ0) is 15.5. The average Bonchev–Trinajstić information content (AvgIpc) is 3.17. The van der Waals surface area contributed by atoms with Crippen molar-refractivity contribution in [3.8, 4) is 0 Å². The molecular formula is C13H14N6O2S. The minimum absolute atomic E-state index is 0.0634. The Bertz CT molecular complexity index is 690. The zero-order valence-corrected chi connectivity index (χ0v) is 12.6. The summed E-state index contributed by atoms with van der Waals surface area (Å²) in [5, 5.41) is 15.5. The molecular weight excluding hydrogens is 304 g/mol. The molecule has 8 nitrogen and oxygen atoms in total. The predicted molar refractivity (Wildman–Crippen MR) is 81.5 cm³/mol. The fourth-order valence-electron chi connectivity index (χ4n) is 2.34. The van der Waals surface area contributed by atoms with Gasteiger partial charge in [0.05, 0.1) is 5.92 Å². The first-order valence-electron chi connectivity index (χ1n) is 6.66. The van der Waals surface area contributed by atoms with Gasteiger partial charge in [0.1, 0.15) is 0 Å². The van der Waals surface area contributed by atoms with Gasteiger partial charge in [0.2, 0.25) is 11.8 Å². The monoisotopic (exact) mass is 318 g/mol. The molecule has 1 aromatic carbocycles. The number of hydrogen-bond donors (Lipinski definition) is 2. The highest BCUT2D eigenvalue weighted by Gasteiger charge is 2.35. The lowest BCUT2D eigenvalue weighted by atomic mass is 10.1. The molecule has 114 valence electrons. The minimum Gasteiger partial charge on any atom is -0.312 e. The first kappa shape index (κ1) is 14.5. The summed E-state index contributed by atoms with van der Waals surface area (Å²) in [6.45, 7) is 0.348. The van der Waals surface area contributed by atoms with Crippen molar-refractivity contribution in [2.24, 2.45) is 5.92 Å². The van der Waals surface area contributed by atoms with Crippen LogP contribution in [0.2, 0.25) is 0 Å². The van der Waals surface area contributed by atoms with E-state index in [2.05, 4.69) is 25.9 Å². The number of amides is 2. The van der Waals surface area contributed by atoms with Gasteiger partial charge in [-0.2, -0.15) is 5.21 Å². The van der Waals surface area contributed by atoms with Crippen molar-refractivity contribution >= 4 is 35.2 Å². The van der Waals surface area contributed by atoms with Gasteiger partial charge in [-0.05, 0) is 29.7 Å². The summed E-state index contributed by atoms with van der Waals surface area (Å²) >= 11 is 1.61. The highest BCUT2D eigenvalue weighted by Crippen LogP contribution is 2.28. The van der Waals surface area contributed by atoms with Gasteiger partial charge in [-0.25, -0.2) is 0 Å². The molecule has 0 aliphatic carbocycles. The van der Waals surface area contributed by atoms with Gasteiger partial charge in [-0.15, -0.1) is 16.9 Å². The van der Waals surface area contributed by atoms with E-state index >= 15 is 0 Å². The van der Waals surface area contributed by atoms with Crippen molar-refractivity contribution in [1.29, 1.82) is 0 Å². The number of rotatable bonds is 4. The van der Waals surface area contributed by atoms with Gasteiger partial charge in [0.15, 0.2) is 0 Å². The van der Waals surface area contributed by atoms with Gasteiger partial charge in [0, 0.05) is 23.5 Å². The molecule has 0 unspecified atom stereocenters. The van der Waals surface area contributed by atoms with Crippen molar-refractivity contribution in [3.05, 3.63) is 24.3 Å². The van der Waals surface area contributed by atoms with Crippen LogP contribution >= 0.6 is 11.8 Å². The van der Waals surface area contributed by atoms with Crippen molar-refractivity contribution < 1.29 is 9.59 Å². The average molecular weight is 318 g/mol. The summed E-state index contributed by atoms with van der Waals surface area (Å²) < 4.78 is 0. The second-order valence-corrected chi connectivity index (χ2v) is 5.71. The third-order valence-electron chi connectivity index (χ3n) is 3.44. The highest BCUT2D eigenvalue weighted by atomic mass is 32.2. The highest BCUT2D eigenvalue weighted by molar-refractivity contribution is 7.98. The Morgan fingerprint density at radius 1 is 1.50 bits per heavy atom. The van der Waals surface area contributed by atoms with Crippen molar-refractivity contribution in [2.45, 2.75) is 11.3 Å². The molecule has 1 atom stereocenters. The molecule has 9 heteroatoms. The second kappa shape index (κ2) is 6.14. The number of carbonyl (C=O) groups is 2. The lowest BCUT2D eigenvalue weighted by Crippen LogP contribution is -2.28. The van der Waals surface area contributed by atoms with E-state index in [9.17, 15) is 9.59 Å². The molecule has 0 radical (unpaired) electrons. The number of tetrazole rings is 1. The van der Waals surface area contributed by atoms with Crippen LogP contribution in [0.3, 0.4) is 0 Å². The quantitative estimate of drug-likeness (QED) is 0.812. The minimum atomic E-state index is -0.427. The van der Waals surface area contributed by atoms with Crippen molar-refractivity contribution in [1.82, 2.24) is 20.6 Å². The molecule has 1 aliphatic heterocycles. The maximum Gasteiger partial charge on any atom is 0.269 e. The number of hydrogen-bond acceptors (Lipinski definition) is 6. The van der Waals surface area contributed by atoms with Crippen LogP contribution < -0.4 is 10.2 Å². The normalized spacial score (nSPS) is 17.8. The largest absolute Gasteiger partial charge is 0.312 e. The molecule has 0 saturated carbocycles. The number of carbonyl (C=O) groups excluding carboxylic acids is 2. The van der Waals surface area contributed by atoms with Crippen LogP contribution in [0.5, 0.6) is 0 Å². The molecule has 1 fully saturated rings. The lowest BCUT2D eigenvalue weighted by Gasteiger charge is -2.17. The van der Waals surface area contributed by atoms with Crippen LogP contribution in [-0.4, -0.2) is 45.2 Å². The van der Waals surface area contributed by atoms with Crippen molar-refractivity contribution in [3.63, 3.8) is 0 Å². The summed E-state index contributed by atoms with van der Waals surface area (Å²) in [6, 6.07) is 7.70. The number of anilines is 2. The number of benzene rings is 1. The smallest absolute Gasteiger partial charge is 0.269 e. The molecule has 2 aromatic rings. The number of aromatic nitrogens is 4. The van der Waals surface area contributed by atoms with Crippen LogP contribution in [0.15, 0.2) is 29.2 Å². The van der Waals surface area contributed by atoms with Crippen LogP contribution in [0, 0.1) is 5.92 Å². The number of H-pyrrole nitrogens is 1. The first-order valence-corrected chi connectivity index (χ1v) is 7.88. The third-order valence-corrected chi connectivity index (χ3v) is 4.17. The van der Waals surface area contributed by atoms with E-state index in [1.165, 1.54) is 0 Å². The summed E-state index contributed by atoms with van der Waals surface area (Å²) in [4.78, 5) is 27.0. The van der Waals surface area contributed by atoms with Gasteiger partial charge in [-0.3, -0.25) is 14.9 Å². The Balaban J connectivity index is 1.71. The van der Waals surface area contributed by atoms with Gasteiger partial charge in [0.25, 0.3) is 5.95 Å². The van der Waals surface area contributed by atoms with Crippen LogP contribution in [0.25, 0.3) is 0 Å². The third kappa shape index (κ3) is 2.93. The lowest BCUT2D eigenvalue weighted by molar-refractivity contribution is -0.122. The van der Waals surface area contributed by atoms with E-state index < -0.39 is 5.92 Å². The molecule has 0 spiro atoms. The van der Waals surface area contributed by atoms with Crippen LogP contribution in [-0.2, 0) is 9.59 Å². The molecule has 2 amide bonds. The van der Waals surface area contributed by atoms with E-state index in [0.717, 1.165) is 10.6 Å². The number of thioether (sulfide) groups is 1. The van der Waals surface area contributed by atoms with Gasteiger partial charge >= 0.3 is 0 Å². The maximum absolute atomic E-state index is 12.2. The predicted octanol–water partition coefficient (Wildman–Crippen LogP) is 0.913. The molecule has 2 heterocycles. The Kier molecular flexibility index (Phi) is 4.05. The Labute approximate surface area is 130 Å². The van der Waals surface area contributed by atoms with E-state index in [-0.39, 0.29) is 24.2 Å². The maximum atomic E-state index is 12.2. The number of nitrogens with one attached hydrogen (secondary N) is 2. The Morgan fingerprint density at radius 3 is 3.09 bits per heavy atom. The number of nitrogens with zero attached hydrogens (tertiary/aromatic N) is 4. The molecule has 1 saturated heterocycles. The molecule has 1 aromatic heterocycles. The van der Waals surface area contributed by atoms with Gasteiger partial charge in [-0.1, -0.05) is 11.2 Å². The summed E-state index contributed by atoms with van der Waals surface area (Å²) in [6.07, 6.45) is 2.15. The van der Waals surface area contributed by atoms with E-state index in [4.69, 9.17) is 0 Å². The number of aromatic amines is 1. The SMILES string of the molecule is CSc1cccc(N2C[C@H](C(=O)Nc3nn[nH]n3)CC2=O)c1. The summed E-state index contributed by atoms with van der Waals surface area (Å²) in [7, 11) is 0. The van der Waals surface area contributed by atoms with Gasteiger partial charge < -0.3 is 4.90 Å². The molecule has 2 N–H and O–H groups in total. The fourth-order valence-corrected chi connectivity index (χ4v) is 2.79. The summed E-state index contributed by atoms with van der Waals surface area (Å²) in [5.74, 6) is -0.658. The van der Waals surface area contributed by atoms with E-state index in [1.807, 2.05) is 30.5 Å². The standard InChI is InChI=1S/C13H14N6O2S/c1-22-10-4-2-3-9(6-10)19-7-8(5-11(19)20)12(21)14-13-15-17-18-16-13/h2-4,6,8H,5,7H2,1H3,(H2,14,15,16,17,18,21)/t8-/m1/s1. The topological polar surface area (TPSA) is 104 Å². The molecule has 3 rings (SSSR count). The van der Waals surface area contributed by atoms with Crippen molar-refractivity contribution in [2.75, 3.05) is 23.0 Å². The molecule has 0 bridgehead atoms. The van der Waals surface area contributed by atoms with Crippen LogP contribution in [0.4, 0.5) is 11.6 Å². The van der Waals surface area contributed by atoms with Crippen LogP contribution in [0.1, 0.15) is 6.42 Å². The molecule has 22 heavy (non-hydrogen) atoms. The summed E-state index contributed by atoms with van der Waals surface area (Å²) in [5.41, 5.74) is 0.812. The Morgan fingerprint density at radius 2 is 2.36 bits per heavy atom. The fraction of sp³-hybridized carbons (Fsp3) is 0.308. The zero-order valence-electron chi connectivity index (χ0n) is 11.8. The van der Waals surface area contributed by atoms with E-state index in [1.54, 1.807) is 16.7 Å². The Hall–Kier alpha value is -2.42.